The smallest absolute Gasteiger partial charge is 0.154 e. The van der Waals surface area contributed by atoms with Gasteiger partial charge in [0.25, 0.3) is 0 Å². The van der Waals surface area contributed by atoms with Crippen molar-refractivity contribution in [3.8, 4) is 0 Å². The van der Waals surface area contributed by atoms with E-state index >= 15 is 0 Å². The zero-order valence-electron chi connectivity index (χ0n) is 9.80. The minimum absolute atomic E-state index is 0.121. The van der Waals surface area contributed by atoms with Gasteiger partial charge in [0.05, 0.1) is 11.0 Å². The molecule has 5 heteroatoms. The lowest BCUT2D eigenvalue weighted by molar-refractivity contribution is 0.579. The highest BCUT2D eigenvalue weighted by molar-refractivity contribution is 7.99. The lowest BCUT2D eigenvalue weighted by atomic mass is 10.0. The molecule has 2 unspecified atom stereocenters. The van der Waals surface area contributed by atoms with Gasteiger partial charge in [0.2, 0.25) is 0 Å². The van der Waals surface area contributed by atoms with Crippen molar-refractivity contribution in [3.05, 3.63) is 29.8 Å². The first-order valence-corrected chi connectivity index (χ1v) is 8.38. The Morgan fingerprint density at radius 2 is 2.18 bits per heavy atom. The zero-order valence-corrected chi connectivity index (χ0v) is 11.4. The topological polar surface area (TPSA) is 60.2 Å². The Hall–Kier alpha value is -0.520. The summed E-state index contributed by atoms with van der Waals surface area (Å²) in [5.41, 5.74) is 6.61. The van der Waals surface area contributed by atoms with Crippen LogP contribution in [0.4, 0.5) is 0 Å². The maximum atomic E-state index is 12.0. The van der Waals surface area contributed by atoms with Crippen LogP contribution in [0.25, 0.3) is 0 Å². The molecule has 0 saturated carbocycles. The fourth-order valence-corrected chi connectivity index (χ4v) is 4.84. The molecule has 94 valence electrons. The van der Waals surface area contributed by atoms with Crippen molar-refractivity contribution in [1.29, 1.82) is 0 Å². The van der Waals surface area contributed by atoms with Gasteiger partial charge in [-0.15, -0.1) is 11.8 Å². The van der Waals surface area contributed by atoms with Crippen LogP contribution in [0.1, 0.15) is 18.4 Å². The third-order valence-electron chi connectivity index (χ3n) is 3.18. The first-order chi connectivity index (χ1) is 8.04. The summed E-state index contributed by atoms with van der Waals surface area (Å²) in [6.45, 7) is 1.88. The second kappa shape index (κ2) is 5.00. The van der Waals surface area contributed by atoms with Crippen LogP contribution in [0.3, 0.4) is 0 Å². The molecule has 2 N–H and O–H groups in total. The van der Waals surface area contributed by atoms with Gasteiger partial charge in [0.15, 0.2) is 9.84 Å². The van der Waals surface area contributed by atoms with Crippen LogP contribution >= 0.6 is 11.8 Å². The van der Waals surface area contributed by atoms with Crippen LogP contribution in [0, 0.1) is 0 Å². The van der Waals surface area contributed by atoms with E-state index < -0.39 is 15.1 Å². The van der Waals surface area contributed by atoms with Crippen molar-refractivity contribution in [3.63, 3.8) is 0 Å². The molecule has 1 heterocycles. The number of thioether (sulfide) groups is 1. The van der Waals surface area contributed by atoms with Crippen LogP contribution < -0.4 is 5.73 Å². The van der Waals surface area contributed by atoms with Crippen LogP contribution in [0.5, 0.6) is 0 Å². The molecule has 1 aromatic carbocycles. The van der Waals surface area contributed by atoms with Crippen molar-refractivity contribution in [2.45, 2.75) is 23.0 Å². The van der Waals surface area contributed by atoms with Crippen molar-refractivity contribution >= 4 is 21.6 Å². The van der Waals surface area contributed by atoms with Gasteiger partial charge in [-0.1, -0.05) is 18.2 Å². The molecule has 0 amide bonds. The number of benzene rings is 1. The SMILES string of the molecule is CC(CN)S(=O)(=O)CC1CSc2ccccc21. The molecule has 1 aliphatic heterocycles. The van der Waals surface area contributed by atoms with Crippen molar-refractivity contribution in [2.75, 3.05) is 18.1 Å². The van der Waals surface area contributed by atoms with Gasteiger partial charge in [-0.05, 0) is 18.6 Å². The first-order valence-electron chi connectivity index (χ1n) is 5.68. The van der Waals surface area contributed by atoms with Gasteiger partial charge in [-0.3, -0.25) is 0 Å². The molecule has 1 aliphatic rings. The monoisotopic (exact) mass is 271 g/mol. The molecule has 0 aromatic heterocycles. The van der Waals surface area contributed by atoms with E-state index in [1.54, 1.807) is 18.7 Å². The van der Waals surface area contributed by atoms with Crippen LogP contribution in [-0.2, 0) is 9.84 Å². The summed E-state index contributed by atoms with van der Waals surface area (Å²) in [7, 11) is -3.07. The Kier molecular flexibility index (Phi) is 3.80. The fraction of sp³-hybridized carbons (Fsp3) is 0.500. The van der Waals surface area contributed by atoms with Gasteiger partial charge in [-0.2, -0.15) is 0 Å². The van der Waals surface area contributed by atoms with E-state index in [9.17, 15) is 8.42 Å². The van der Waals surface area contributed by atoms with Crippen LogP contribution in [0.2, 0.25) is 0 Å². The molecule has 0 fully saturated rings. The number of sulfone groups is 1. The molecule has 1 aromatic rings. The predicted octanol–water partition coefficient (Wildman–Crippen LogP) is 1.64. The Morgan fingerprint density at radius 3 is 2.88 bits per heavy atom. The Morgan fingerprint density at radius 1 is 1.47 bits per heavy atom. The third kappa shape index (κ3) is 2.67. The Labute approximate surface area is 107 Å². The summed E-state index contributed by atoms with van der Waals surface area (Å²) in [5, 5.41) is -0.444. The standard InChI is InChI=1S/C12H17NO2S2/c1-9(6-13)17(14,15)8-10-7-16-12-5-3-2-4-11(10)12/h2-5,9-10H,6-8,13H2,1H3. The second-order valence-electron chi connectivity index (χ2n) is 4.42. The van der Waals surface area contributed by atoms with E-state index in [0.29, 0.717) is 0 Å². The molecule has 2 rings (SSSR count). The maximum Gasteiger partial charge on any atom is 0.154 e. The highest BCUT2D eigenvalue weighted by Gasteiger charge is 2.30. The second-order valence-corrected chi connectivity index (χ2v) is 7.95. The Balaban J connectivity index is 2.18. The van der Waals surface area contributed by atoms with E-state index in [4.69, 9.17) is 5.73 Å². The molecule has 0 bridgehead atoms. The molecule has 0 radical (unpaired) electrons. The molecule has 0 aliphatic carbocycles. The van der Waals surface area contributed by atoms with E-state index in [1.807, 2.05) is 18.2 Å². The number of fused-ring (bicyclic) bond motifs is 1. The van der Waals surface area contributed by atoms with Crippen molar-refractivity contribution in [2.24, 2.45) is 5.73 Å². The Bertz CT molecular complexity index is 499. The highest BCUT2D eigenvalue weighted by atomic mass is 32.2. The largest absolute Gasteiger partial charge is 0.329 e. The van der Waals surface area contributed by atoms with Crippen molar-refractivity contribution in [1.82, 2.24) is 0 Å². The average molecular weight is 271 g/mol. The molecule has 0 saturated heterocycles. The lowest BCUT2D eigenvalue weighted by Crippen LogP contribution is -2.30. The van der Waals surface area contributed by atoms with E-state index in [2.05, 4.69) is 6.07 Å². The number of hydrogen-bond donors (Lipinski definition) is 1. The summed E-state index contributed by atoms with van der Waals surface area (Å²) in [5.74, 6) is 1.20. The molecule has 2 atom stereocenters. The minimum atomic E-state index is -3.07. The molecule has 17 heavy (non-hydrogen) atoms. The maximum absolute atomic E-state index is 12.0. The van der Waals surface area contributed by atoms with Crippen molar-refractivity contribution < 1.29 is 8.42 Å². The van der Waals surface area contributed by atoms with Crippen LogP contribution in [0.15, 0.2) is 29.2 Å². The van der Waals surface area contributed by atoms with E-state index in [1.165, 1.54) is 10.5 Å². The summed E-state index contributed by atoms with van der Waals surface area (Å²) in [6.07, 6.45) is 0. The molecule has 3 nitrogen and oxygen atoms in total. The fourth-order valence-electron chi connectivity index (χ4n) is 1.96. The number of rotatable bonds is 4. The van der Waals surface area contributed by atoms with Crippen LogP contribution in [-0.4, -0.2) is 31.7 Å². The summed E-state index contributed by atoms with van der Waals surface area (Å²) in [6, 6.07) is 8.05. The van der Waals surface area contributed by atoms with Gasteiger partial charge >= 0.3 is 0 Å². The van der Waals surface area contributed by atoms with E-state index in [-0.39, 0.29) is 18.2 Å². The predicted molar refractivity (Wildman–Crippen MR) is 72.2 cm³/mol. The van der Waals surface area contributed by atoms with Gasteiger partial charge in [0.1, 0.15) is 0 Å². The lowest BCUT2D eigenvalue weighted by Gasteiger charge is -2.15. The number of hydrogen-bond acceptors (Lipinski definition) is 4. The highest BCUT2D eigenvalue weighted by Crippen LogP contribution is 2.40. The number of nitrogens with two attached hydrogens (primary N) is 1. The van der Waals surface area contributed by atoms with Gasteiger partial charge in [0, 0.05) is 23.1 Å². The summed E-state index contributed by atoms with van der Waals surface area (Å²) >= 11 is 1.74. The molecule has 0 spiro atoms. The average Bonchev–Trinajstić information content (AvgIpc) is 2.71. The summed E-state index contributed by atoms with van der Waals surface area (Å²) < 4.78 is 24.1. The summed E-state index contributed by atoms with van der Waals surface area (Å²) in [4.78, 5) is 1.22. The zero-order chi connectivity index (χ0) is 12.5. The van der Waals surface area contributed by atoms with E-state index in [0.717, 1.165) is 5.75 Å². The minimum Gasteiger partial charge on any atom is -0.329 e. The molecular formula is C12H17NO2S2. The molecular weight excluding hydrogens is 254 g/mol. The normalized spacial score (nSPS) is 21.2. The van der Waals surface area contributed by atoms with Gasteiger partial charge in [-0.25, -0.2) is 8.42 Å². The third-order valence-corrected chi connectivity index (χ3v) is 6.71. The first kappa shape index (κ1) is 12.9. The van der Waals surface area contributed by atoms with Gasteiger partial charge < -0.3 is 5.73 Å². The quantitative estimate of drug-likeness (QED) is 0.904.